The Balaban J connectivity index is 1.63. The van der Waals surface area contributed by atoms with E-state index in [4.69, 9.17) is 30.3 Å². The Morgan fingerprint density at radius 2 is 1.48 bits per heavy atom. The Bertz CT molecular complexity index is 1210. The first kappa shape index (κ1) is 22.4. The van der Waals surface area contributed by atoms with Crippen molar-refractivity contribution in [2.75, 3.05) is 6.61 Å². The number of esters is 1. The molecule has 33 heavy (non-hydrogen) atoms. The zero-order valence-corrected chi connectivity index (χ0v) is 18.7. The lowest BCUT2D eigenvalue weighted by atomic mass is 10.1. The minimum atomic E-state index is -0.562. The van der Waals surface area contributed by atoms with Crippen LogP contribution in [0.2, 0.25) is 5.02 Å². The SMILES string of the molecule is CCOC(=O)c1cc(-c2cc(Cl)c(OCc3ccccc3)cc2OCc2ccccc2)on1. The molecule has 0 amide bonds. The molecule has 3 aromatic carbocycles. The zero-order chi connectivity index (χ0) is 23.0. The first-order valence-electron chi connectivity index (χ1n) is 10.4. The van der Waals surface area contributed by atoms with E-state index < -0.39 is 5.97 Å². The lowest BCUT2D eigenvalue weighted by Gasteiger charge is -2.14. The summed E-state index contributed by atoms with van der Waals surface area (Å²) >= 11 is 6.52. The molecule has 4 aromatic rings. The molecule has 0 fully saturated rings. The fourth-order valence-electron chi connectivity index (χ4n) is 3.13. The normalized spacial score (nSPS) is 10.6. The molecule has 0 saturated heterocycles. The van der Waals surface area contributed by atoms with E-state index in [1.165, 1.54) is 6.07 Å². The second-order valence-electron chi connectivity index (χ2n) is 7.12. The molecule has 0 atom stereocenters. The summed E-state index contributed by atoms with van der Waals surface area (Å²) in [7, 11) is 0. The van der Waals surface area contributed by atoms with E-state index in [1.807, 2.05) is 60.7 Å². The van der Waals surface area contributed by atoms with Crippen molar-refractivity contribution in [1.82, 2.24) is 5.16 Å². The van der Waals surface area contributed by atoms with Gasteiger partial charge in [-0.2, -0.15) is 0 Å². The van der Waals surface area contributed by atoms with E-state index in [1.54, 1.807) is 19.1 Å². The highest BCUT2D eigenvalue weighted by molar-refractivity contribution is 6.32. The van der Waals surface area contributed by atoms with Crippen LogP contribution >= 0.6 is 11.6 Å². The highest BCUT2D eigenvalue weighted by Gasteiger charge is 2.20. The summed E-state index contributed by atoms with van der Waals surface area (Å²) in [6, 6.07) is 24.5. The number of carbonyl (C=O) groups excluding carboxylic acids is 1. The summed E-state index contributed by atoms with van der Waals surface area (Å²) in [5.41, 5.74) is 2.63. The van der Waals surface area contributed by atoms with Crippen molar-refractivity contribution < 1.29 is 23.5 Å². The van der Waals surface area contributed by atoms with Gasteiger partial charge in [0.25, 0.3) is 0 Å². The molecule has 1 aromatic heterocycles. The molecular formula is C26H22ClNO5. The van der Waals surface area contributed by atoms with Gasteiger partial charge in [0, 0.05) is 12.1 Å². The molecule has 0 aliphatic rings. The fourth-order valence-corrected chi connectivity index (χ4v) is 3.35. The van der Waals surface area contributed by atoms with E-state index in [-0.39, 0.29) is 12.3 Å². The quantitative estimate of drug-likeness (QED) is 0.270. The highest BCUT2D eigenvalue weighted by atomic mass is 35.5. The third-order valence-corrected chi connectivity index (χ3v) is 5.06. The number of hydrogen-bond acceptors (Lipinski definition) is 6. The van der Waals surface area contributed by atoms with E-state index in [2.05, 4.69) is 5.16 Å². The zero-order valence-electron chi connectivity index (χ0n) is 18.0. The van der Waals surface area contributed by atoms with Crippen LogP contribution in [-0.2, 0) is 18.0 Å². The molecule has 0 radical (unpaired) electrons. The van der Waals surface area contributed by atoms with Gasteiger partial charge in [0.05, 0.1) is 17.2 Å². The van der Waals surface area contributed by atoms with Crippen molar-refractivity contribution in [1.29, 1.82) is 0 Å². The summed E-state index contributed by atoms with van der Waals surface area (Å²) in [5, 5.41) is 4.20. The monoisotopic (exact) mass is 463 g/mol. The summed E-state index contributed by atoms with van der Waals surface area (Å²) in [6.07, 6.45) is 0. The molecule has 1 heterocycles. The van der Waals surface area contributed by atoms with Crippen molar-refractivity contribution in [3.8, 4) is 22.8 Å². The van der Waals surface area contributed by atoms with Crippen LogP contribution in [-0.4, -0.2) is 17.7 Å². The lowest BCUT2D eigenvalue weighted by Crippen LogP contribution is -2.04. The third-order valence-electron chi connectivity index (χ3n) is 4.77. The third kappa shape index (κ3) is 5.73. The van der Waals surface area contributed by atoms with Crippen LogP contribution in [0.4, 0.5) is 0 Å². The van der Waals surface area contributed by atoms with E-state index in [0.29, 0.717) is 41.1 Å². The predicted octanol–water partition coefficient (Wildman–Crippen LogP) is 6.33. The average Bonchev–Trinajstić information content (AvgIpc) is 3.34. The number of aromatic nitrogens is 1. The van der Waals surface area contributed by atoms with Crippen LogP contribution in [0.25, 0.3) is 11.3 Å². The van der Waals surface area contributed by atoms with E-state index >= 15 is 0 Å². The molecule has 0 bridgehead atoms. The molecule has 7 heteroatoms. The maximum atomic E-state index is 12.0. The Morgan fingerprint density at radius 1 is 0.879 bits per heavy atom. The minimum Gasteiger partial charge on any atom is -0.488 e. The fraction of sp³-hybridized carbons (Fsp3) is 0.154. The van der Waals surface area contributed by atoms with Crippen LogP contribution < -0.4 is 9.47 Å². The van der Waals surface area contributed by atoms with Gasteiger partial charge in [0.2, 0.25) is 0 Å². The van der Waals surface area contributed by atoms with Crippen molar-refractivity contribution in [2.24, 2.45) is 0 Å². The second-order valence-corrected chi connectivity index (χ2v) is 7.53. The topological polar surface area (TPSA) is 70.8 Å². The minimum absolute atomic E-state index is 0.0707. The van der Waals surface area contributed by atoms with Crippen molar-refractivity contribution in [3.63, 3.8) is 0 Å². The smallest absolute Gasteiger partial charge is 0.360 e. The largest absolute Gasteiger partial charge is 0.488 e. The molecule has 0 N–H and O–H groups in total. The van der Waals surface area contributed by atoms with Gasteiger partial charge in [-0.25, -0.2) is 4.79 Å². The summed E-state index contributed by atoms with van der Waals surface area (Å²) < 4.78 is 22.4. The molecule has 4 rings (SSSR count). The van der Waals surface area contributed by atoms with E-state index in [9.17, 15) is 4.79 Å². The Morgan fingerprint density at radius 3 is 2.09 bits per heavy atom. The number of halogens is 1. The first-order chi connectivity index (χ1) is 16.1. The van der Waals surface area contributed by atoms with Gasteiger partial charge in [-0.15, -0.1) is 0 Å². The summed E-state index contributed by atoms with van der Waals surface area (Å²) in [5.74, 6) is 0.723. The van der Waals surface area contributed by atoms with Gasteiger partial charge in [0.1, 0.15) is 24.7 Å². The van der Waals surface area contributed by atoms with Gasteiger partial charge < -0.3 is 18.7 Å². The molecule has 6 nitrogen and oxygen atoms in total. The molecular weight excluding hydrogens is 442 g/mol. The van der Waals surface area contributed by atoms with Crippen molar-refractivity contribution in [3.05, 3.63) is 101 Å². The van der Waals surface area contributed by atoms with Gasteiger partial charge >= 0.3 is 5.97 Å². The lowest BCUT2D eigenvalue weighted by molar-refractivity contribution is 0.0514. The second kappa shape index (κ2) is 10.7. The van der Waals surface area contributed by atoms with Gasteiger partial charge in [0.15, 0.2) is 11.5 Å². The standard InChI is InChI=1S/C26H22ClNO5/c1-2-30-26(29)22-14-24(33-28-22)20-13-21(27)25(32-17-19-11-7-4-8-12-19)15-23(20)31-16-18-9-5-3-6-10-18/h3-15H,2,16-17H2,1H3. The van der Waals surface area contributed by atoms with Crippen LogP contribution in [0.5, 0.6) is 11.5 Å². The molecule has 0 aliphatic heterocycles. The number of ether oxygens (including phenoxy) is 3. The Kier molecular flexibility index (Phi) is 7.27. The Labute approximate surface area is 196 Å². The van der Waals surface area contributed by atoms with Crippen molar-refractivity contribution >= 4 is 17.6 Å². The number of rotatable bonds is 9. The first-order valence-corrected chi connectivity index (χ1v) is 10.8. The van der Waals surface area contributed by atoms with Crippen LogP contribution in [0, 0.1) is 0 Å². The van der Waals surface area contributed by atoms with Gasteiger partial charge in [-0.1, -0.05) is 77.4 Å². The number of hydrogen-bond donors (Lipinski definition) is 0. The summed E-state index contributed by atoms with van der Waals surface area (Å²) in [6.45, 7) is 2.65. The molecule has 0 unspecified atom stereocenters. The number of benzene rings is 3. The maximum Gasteiger partial charge on any atom is 0.360 e. The molecule has 0 saturated carbocycles. The Hall–Kier alpha value is -3.77. The molecule has 0 spiro atoms. The van der Waals surface area contributed by atoms with Crippen LogP contribution in [0.3, 0.4) is 0 Å². The predicted molar refractivity (Wildman–Crippen MR) is 124 cm³/mol. The van der Waals surface area contributed by atoms with E-state index in [0.717, 1.165) is 11.1 Å². The van der Waals surface area contributed by atoms with Crippen LogP contribution in [0.15, 0.2) is 83.4 Å². The highest BCUT2D eigenvalue weighted by Crippen LogP contribution is 2.39. The molecule has 168 valence electrons. The average molecular weight is 464 g/mol. The molecule has 0 aliphatic carbocycles. The van der Waals surface area contributed by atoms with Gasteiger partial charge in [-0.05, 0) is 24.1 Å². The van der Waals surface area contributed by atoms with Crippen LogP contribution in [0.1, 0.15) is 28.5 Å². The maximum absolute atomic E-state index is 12.0. The number of carbonyl (C=O) groups is 1. The van der Waals surface area contributed by atoms with Crippen molar-refractivity contribution in [2.45, 2.75) is 20.1 Å². The number of nitrogens with zero attached hydrogens (tertiary/aromatic N) is 1. The summed E-state index contributed by atoms with van der Waals surface area (Å²) in [4.78, 5) is 12.0. The van der Waals surface area contributed by atoms with Gasteiger partial charge in [-0.3, -0.25) is 0 Å².